The smallest absolute Gasteiger partial charge is 0.359 e. The number of amides is 1. The summed E-state index contributed by atoms with van der Waals surface area (Å²) in [5, 5.41) is 10.00. The van der Waals surface area contributed by atoms with Crippen molar-refractivity contribution in [3.8, 4) is 0 Å². The van der Waals surface area contributed by atoms with E-state index in [2.05, 4.69) is 5.00 Å². The van der Waals surface area contributed by atoms with Crippen LogP contribution in [0.25, 0.3) is 5.57 Å². The summed E-state index contributed by atoms with van der Waals surface area (Å²) in [6, 6.07) is 6.70. The first kappa shape index (κ1) is 19.7. The number of fused-ring (bicyclic) bond motifs is 1. The van der Waals surface area contributed by atoms with Crippen LogP contribution in [0.4, 0.5) is 0 Å². The van der Waals surface area contributed by atoms with Gasteiger partial charge in [-0.3, -0.25) is 9.59 Å². The molecule has 0 aromatic heterocycles. The second-order valence-corrected chi connectivity index (χ2v) is 7.80. The maximum Gasteiger partial charge on any atom is 0.359 e. The zero-order valence-electron chi connectivity index (χ0n) is 15.6. The summed E-state index contributed by atoms with van der Waals surface area (Å²) in [7, 11) is 1.44. The Labute approximate surface area is 160 Å². The lowest BCUT2D eigenvalue weighted by Gasteiger charge is -2.46. The van der Waals surface area contributed by atoms with Gasteiger partial charge in [0.15, 0.2) is 13.8 Å². The van der Waals surface area contributed by atoms with Crippen molar-refractivity contribution in [2.75, 3.05) is 0 Å². The number of carbonyl (C=O) groups is 3. The number of benzene rings is 1. The van der Waals surface area contributed by atoms with Crippen molar-refractivity contribution in [3.05, 3.63) is 41.1 Å². The average Bonchev–Trinajstić information content (AvgIpc) is 2.88. The monoisotopic (exact) mass is 388 g/mol. The molecule has 1 saturated heterocycles. The van der Waals surface area contributed by atoms with Crippen LogP contribution in [0.5, 0.6) is 0 Å². The Hall–Kier alpha value is -2.02. The van der Waals surface area contributed by atoms with Gasteiger partial charge in [0, 0.05) is 11.5 Å². The van der Waals surface area contributed by atoms with Crippen molar-refractivity contribution in [2.45, 2.75) is 32.9 Å². The van der Waals surface area contributed by atoms with Crippen molar-refractivity contribution in [2.24, 2.45) is 11.8 Å². The summed E-state index contributed by atoms with van der Waals surface area (Å²) in [6.07, 6.45) is -0.794. The van der Waals surface area contributed by atoms with E-state index in [1.807, 2.05) is 6.92 Å². The lowest BCUT2D eigenvalue weighted by molar-refractivity contribution is -0.162. The molecule has 7 nitrogen and oxygen atoms in total. The molecule has 2 N–H and O–H groups in total. The molecule has 2 aliphatic rings. The quantitative estimate of drug-likeness (QED) is 0.322. The minimum atomic E-state index is -0.794. The molecule has 5 atom stereocenters. The average molecular weight is 388 g/mol. The Morgan fingerprint density at radius 1 is 1.33 bits per heavy atom. The molecule has 0 radical (unpaired) electrons. The van der Waals surface area contributed by atoms with Crippen LogP contribution in [0.3, 0.4) is 0 Å². The van der Waals surface area contributed by atoms with Crippen LogP contribution in [0, 0.1) is 11.8 Å². The first-order valence-corrected chi connectivity index (χ1v) is 9.70. The largest absolute Gasteiger partial charge is 0.428 e. The number of carbonyl (C=O) groups excluding carboxylic acids is 3. The van der Waals surface area contributed by atoms with Gasteiger partial charge in [0.25, 0.3) is 0 Å². The van der Waals surface area contributed by atoms with Gasteiger partial charge in [-0.2, -0.15) is 0 Å². The number of rotatable bonds is 6. The Kier molecular flexibility index (Phi) is 5.51. The summed E-state index contributed by atoms with van der Waals surface area (Å²) in [5.74, 6) is -1.57. The third kappa shape index (κ3) is 3.22. The van der Waals surface area contributed by atoms with Gasteiger partial charge < -0.3 is 19.5 Å². The van der Waals surface area contributed by atoms with Crippen molar-refractivity contribution < 1.29 is 24.0 Å². The molecule has 2 aliphatic heterocycles. The number of β-lactam (4-membered cyclic amide) rings is 1. The van der Waals surface area contributed by atoms with Crippen LogP contribution >= 0.6 is 8.96 Å². The molecular weight excluding hydrogens is 366 g/mol. The van der Waals surface area contributed by atoms with Gasteiger partial charge in [0.2, 0.25) is 5.91 Å². The summed E-state index contributed by atoms with van der Waals surface area (Å²) in [5.41, 5.74) is 2.27. The topological polar surface area (TPSA) is 95.9 Å². The molecule has 2 heterocycles. The van der Waals surface area contributed by atoms with Crippen LogP contribution in [0.2, 0.25) is 0 Å². The fourth-order valence-corrected chi connectivity index (χ4v) is 4.26. The summed E-state index contributed by atoms with van der Waals surface area (Å²) < 4.78 is 5.24. The maximum atomic E-state index is 12.7. The number of hydrogen-bond donors (Lipinski definition) is 2. The van der Waals surface area contributed by atoms with Gasteiger partial charge in [-0.25, -0.2) is 4.79 Å². The van der Waals surface area contributed by atoms with E-state index in [1.54, 1.807) is 39.2 Å². The zero-order valence-corrected chi connectivity index (χ0v) is 16.6. The Balaban J connectivity index is 2.05. The second kappa shape index (κ2) is 7.54. The van der Waals surface area contributed by atoms with Crippen LogP contribution in [0.15, 0.2) is 30.0 Å². The summed E-state index contributed by atoms with van der Waals surface area (Å²) in [6.45, 7) is 5.02. The fraction of sp³-hybridized carbons (Fsp3) is 0.389. The molecular formula is C18H22BN2O5P. The second-order valence-electron chi connectivity index (χ2n) is 6.89. The lowest BCUT2D eigenvalue weighted by Crippen LogP contribution is -2.63. The SMILES string of the molecule is BNPOC(=O)C1=C(c2ccc(C(C)=O)cc2)[C@H](C)[C@@H]2[C@@H]([C@@H](C)O)C(=O)N12. The number of nitrogens with one attached hydrogen (secondary N) is 1. The number of Topliss-reactive ketones (excluding diaryl/α,β-unsaturated/α-hetero) is 1. The summed E-state index contributed by atoms with van der Waals surface area (Å²) >= 11 is 0. The van der Waals surface area contributed by atoms with E-state index in [0.29, 0.717) is 11.1 Å². The number of aliphatic hydroxyl groups is 1. The molecule has 1 amide bonds. The molecule has 0 spiro atoms. The number of nitrogens with zero attached hydrogens (tertiary/aromatic N) is 1. The minimum Gasteiger partial charge on any atom is -0.428 e. The van der Waals surface area contributed by atoms with Crippen LogP contribution in [-0.4, -0.2) is 47.8 Å². The molecule has 3 rings (SSSR count). The third-order valence-corrected chi connectivity index (χ3v) is 5.71. The Bertz CT molecular complexity index is 824. The van der Waals surface area contributed by atoms with E-state index in [1.165, 1.54) is 11.8 Å². The van der Waals surface area contributed by atoms with Crippen LogP contribution < -0.4 is 5.00 Å². The zero-order chi connectivity index (χ0) is 19.9. The highest BCUT2D eigenvalue weighted by atomic mass is 31.1. The van der Waals surface area contributed by atoms with E-state index < -0.39 is 18.0 Å². The first-order valence-electron chi connectivity index (χ1n) is 8.79. The van der Waals surface area contributed by atoms with Crippen molar-refractivity contribution in [3.63, 3.8) is 0 Å². The van der Waals surface area contributed by atoms with Crippen molar-refractivity contribution in [1.82, 2.24) is 9.90 Å². The van der Waals surface area contributed by atoms with Gasteiger partial charge in [-0.05, 0) is 25.0 Å². The number of ketones is 1. The van der Waals surface area contributed by atoms with Gasteiger partial charge in [-0.15, -0.1) is 0 Å². The van der Waals surface area contributed by atoms with E-state index in [4.69, 9.17) is 4.52 Å². The molecule has 142 valence electrons. The number of aliphatic hydroxyl groups excluding tert-OH is 1. The highest BCUT2D eigenvalue weighted by Gasteiger charge is 2.60. The molecule has 1 aromatic rings. The molecule has 1 fully saturated rings. The number of hydrogen-bond acceptors (Lipinski definition) is 6. The van der Waals surface area contributed by atoms with Crippen molar-refractivity contribution >= 4 is 40.2 Å². The van der Waals surface area contributed by atoms with Crippen molar-refractivity contribution in [1.29, 1.82) is 0 Å². The normalized spacial score (nSPS) is 25.6. The van der Waals surface area contributed by atoms with Crippen LogP contribution in [0.1, 0.15) is 36.7 Å². The Morgan fingerprint density at radius 3 is 2.48 bits per heavy atom. The minimum absolute atomic E-state index is 0.0435. The van der Waals surface area contributed by atoms with E-state index in [9.17, 15) is 19.5 Å². The molecule has 0 saturated carbocycles. The van der Waals surface area contributed by atoms with Gasteiger partial charge in [0.05, 0.1) is 18.1 Å². The maximum absolute atomic E-state index is 12.7. The highest BCUT2D eigenvalue weighted by molar-refractivity contribution is 7.32. The van der Waals surface area contributed by atoms with Crippen LogP contribution in [-0.2, 0) is 14.1 Å². The lowest BCUT2D eigenvalue weighted by atomic mass is 9.77. The van der Waals surface area contributed by atoms with E-state index in [0.717, 1.165) is 5.56 Å². The van der Waals surface area contributed by atoms with Gasteiger partial charge in [0.1, 0.15) is 14.7 Å². The van der Waals surface area contributed by atoms with E-state index in [-0.39, 0.29) is 38.3 Å². The van der Waals surface area contributed by atoms with Gasteiger partial charge in [-0.1, -0.05) is 31.2 Å². The Morgan fingerprint density at radius 2 is 1.96 bits per heavy atom. The predicted molar refractivity (Wildman–Crippen MR) is 104 cm³/mol. The standard InChI is InChI=1S/C18H22BN2O5P/c1-8-13(12-6-4-11(5-7-12)9(2)22)16(18(25)26-27-20-19)21-15(8)14(10(3)23)17(21)24/h4-8,10,14-15,20,23,27H,19H2,1-3H3/t8-,10+,14+,15+/m0/s1. The third-order valence-electron chi connectivity index (χ3n) is 5.21. The molecule has 1 aromatic carbocycles. The molecule has 0 aliphatic carbocycles. The summed E-state index contributed by atoms with van der Waals surface area (Å²) in [4.78, 5) is 41.1. The first-order chi connectivity index (χ1) is 12.8. The molecule has 0 bridgehead atoms. The predicted octanol–water partition coefficient (Wildman–Crippen LogP) is 0.647. The fourth-order valence-electron chi connectivity index (χ4n) is 3.97. The molecule has 9 heteroatoms. The highest BCUT2D eigenvalue weighted by Crippen LogP contribution is 2.50. The van der Waals surface area contributed by atoms with Gasteiger partial charge >= 0.3 is 5.97 Å². The van der Waals surface area contributed by atoms with E-state index >= 15 is 0 Å². The molecule has 1 unspecified atom stereocenters. The molecule has 27 heavy (non-hydrogen) atoms.